The van der Waals surface area contributed by atoms with Gasteiger partial charge in [-0.05, 0) is 62.0 Å². The molecular weight excluding hydrogens is 497 g/mol. The normalized spacial score (nSPS) is 22.1. The second kappa shape index (κ2) is 8.82. The Kier molecular flexibility index (Phi) is 5.54. The number of carbonyl (C=O) groups excluding carboxylic acids is 1. The summed E-state index contributed by atoms with van der Waals surface area (Å²) in [5.41, 5.74) is 3.83. The highest BCUT2D eigenvalue weighted by molar-refractivity contribution is 6.62. The third-order valence-electron chi connectivity index (χ3n) is 9.13. The van der Waals surface area contributed by atoms with E-state index in [9.17, 15) is 4.79 Å². The minimum absolute atomic E-state index is 0.0104. The van der Waals surface area contributed by atoms with Crippen LogP contribution in [0.15, 0.2) is 103 Å². The topological polar surface area (TPSA) is 48.0 Å². The molecule has 7 rings (SSSR count). The Hall–Kier alpha value is -3.87. The lowest BCUT2D eigenvalue weighted by Crippen LogP contribution is -2.45. The SMILES string of the molecule is CC1(C)OB(c2ccc3c(c2)C2(CO3)C(=O)N(C(c3ccccc3)c3ccccc3)c3ccccc32)OC1(C)C. The predicted molar refractivity (Wildman–Crippen MR) is 157 cm³/mol. The molecule has 3 aliphatic heterocycles. The van der Waals surface area contributed by atoms with E-state index in [-0.39, 0.29) is 18.6 Å². The van der Waals surface area contributed by atoms with Gasteiger partial charge in [0.25, 0.3) is 0 Å². The number of benzene rings is 4. The van der Waals surface area contributed by atoms with E-state index in [0.717, 1.165) is 39.2 Å². The quantitative estimate of drug-likeness (QED) is 0.314. The smallest absolute Gasteiger partial charge is 0.491 e. The lowest BCUT2D eigenvalue weighted by molar-refractivity contribution is -0.122. The fourth-order valence-electron chi connectivity index (χ4n) is 6.29. The molecule has 0 aliphatic carbocycles. The Morgan fingerprint density at radius 1 is 0.725 bits per heavy atom. The number of carbonyl (C=O) groups is 1. The molecule has 1 unspecified atom stereocenters. The third-order valence-corrected chi connectivity index (χ3v) is 9.13. The lowest BCUT2D eigenvalue weighted by atomic mass is 9.72. The zero-order valence-corrected chi connectivity index (χ0v) is 23.3. The highest BCUT2D eigenvalue weighted by Crippen LogP contribution is 2.54. The van der Waals surface area contributed by atoms with Crippen molar-refractivity contribution in [2.24, 2.45) is 0 Å². The fraction of sp³-hybridized carbons (Fsp3) is 0.265. The van der Waals surface area contributed by atoms with Crippen LogP contribution in [0.1, 0.15) is 56.0 Å². The molecule has 6 heteroatoms. The van der Waals surface area contributed by atoms with Crippen LogP contribution in [-0.4, -0.2) is 30.8 Å². The van der Waals surface area contributed by atoms with Crippen molar-refractivity contribution in [3.8, 4) is 5.75 Å². The first kappa shape index (κ1) is 25.1. The van der Waals surface area contributed by atoms with Gasteiger partial charge in [0.05, 0.1) is 17.2 Å². The van der Waals surface area contributed by atoms with E-state index in [1.165, 1.54) is 0 Å². The number of para-hydroxylation sites is 1. The van der Waals surface area contributed by atoms with Gasteiger partial charge in [-0.25, -0.2) is 0 Å². The number of nitrogens with zero attached hydrogens (tertiary/aromatic N) is 1. The van der Waals surface area contributed by atoms with E-state index in [0.29, 0.717) is 0 Å². The van der Waals surface area contributed by atoms with Crippen molar-refractivity contribution in [2.45, 2.75) is 50.4 Å². The van der Waals surface area contributed by atoms with Crippen LogP contribution in [0.25, 0.3) is 0 Å². The summed E-state index contributed by atoms with van der Waals surface area (Å²) < 4.78 is 19.0. The highest BCUT2D eigenvalue weighted by atomic mass is 16.7. The molecule has 200 valence electrons. The molecule has 1 saturated heterocycles. The van der Waals surface area contributed by atoms with Gasteiger partial charge in [0.15, 0.2) is 0 Å². The van der Waals surface area contributed by atoms with Crippen LogP contribution in [0.4, 0.5) is 5.69 Å². The molecule has 1 fully saturated rings. The molecule has 4 aromatic rings. The maximum Gasteiger partial charge on any atom is 0.494 e. The summed E-state index contributed by atoms with van der Waals surface area (Å²) in [5.74, 6) is 0.734. The van der Waals surface area contributed by atoms with E-state index in [1.54, 1.807) is 0 Å². The molecule has 3 aliphatic rings. The Morgan fingerprint density at radius 2 is 1.30 bits per heavy atom. The monoisotopic (exact) mass is 529 g/mol. The maximum absolute atomic E-state index is 15.0. The van der Waals surface area contributed by atoms with Gasteiger partial charge in [-0.3, -0.25) is 9.69 Å². The standard InChI is InChI=1S/C34H32BNO4/c1-32(2)33(3,4)40-35(39-32)25-19-20-29-27(21-25)34(22-38-29)26-17-11-12-18-28(26)36(31(34)37)30(23-13-7-5-8-14-23)24-15-9-6-10-16-24/h5-21,30H,22H2,1-4H3. The first-order valence-corrected chi connectivity index (χ1v) is 13.9. The minimum Gasteiger partial charge on any atom is -0.491 e. The second-order valence-corrected chi connectivity index (χ2v) is 12.0. The van der Waals surface area contributed by atoms with Gasteiger partial charge in [0, 0.05) is 11.3 Å². The van der Waals surface area contributed by atoms with Crippen LogP contribution < -0.4 is 15.1 Å². The van der Waals surface area contributed by atoms with Crippen molar-refractivity contribution in [1.82, 2.24) is 0 Å². The zero-order valence-electron chi connectivity index (χ0n) is 23.3. The van der Waals surface area contributed by atoms with E-state index in [2.05, 4.69) is 42.5 Å². The number of amides is 1. The summed E-state index contributed by atoms with van der Waals surface area (Å²) in [6.07, 6.45) is 0. The summed E-state index contributed by atoms with van der Waals surface area (Å²) >= 11 is 0. The van der Waals surface area contributed by atoms with E-state index in [4.69, 9.17) is 14.0 Å². The molecule has 1 spiro atoms. The lowest BCUT2D eigenvalue weighted by Gasteiger charge is -2.32. The molecule has 40 heavy (non-hydrogen) atoms. The van der Waals surface area contributed by atoms with E-state index >= 15 is 0 Å². The van der Waals surface area contributed by atoms with Crippen LogP contribution in [0, 0.1) is 0 Å². The Bertz CT molecular complexity index is 1550. The van der Waals surface area contributed by atoms with Crippen LogP contribution in [-0.2, 0) is 19.5 Å². The Balaban J connectivity index is 1.38. The van der Waals surface area contributed by atoms with Crippen LogP contribution in [0.2, 0.25) is 0 Å². The number of hydrogen-bond donors (Lipinski definition) is 0. The molecule has 1 atom stereocenters. The molecule has 0 bridgehead atoms. The van der Waals surface area contributed by atoms with Crippen molar-refractivity contribution in [2.75, 3.05) is 11.5 Å². The highest BCUT2D eigenvalue weighted by Gasteiger charge is 2.59. The summed E-state index contributed by atoms with van der Waals surface area (Å²) in [6.45, 7) is 8.44. The van der Waals surface area contributed by atoms with Gasteiger partial charge in [-0.15, -0.1) is 0 Å². The van der Waals surface area contributed by atoms with Crippen molar-refractivity contribution >= 4 is 24.2 Å². The molecular formula is C34H32BNO4. The maximum atomic E-state index is 15.0. The Morgan fingerprint density at radius 3 is 1.93 bits per heavy atom. The largest absolute Gasteiger partial charge is 0.494 e. The molecule has 3 heterocycles. The molecule has 0 aromatic heterocycles. The van der Waals surface area contributed by atoms with Crippen molar-refractivity contribution in [1.29, 1.82) is 0 Å². The van der Waals surface area contributed by atoms with Crippen molar-refractivity contribution in [3.05, 3.63) is 125 Å². The fourth-order valence-corrected chi connectivity index (χ4v) is 6.29. The summed E-state index contributed by atoms with van der Waals surface area (Å²) in [7, 11) is -0.530. The zero-order chi connectivity index (χ0) is 27.7. The van der Waals surface area contributed by atoms with Crippen LogP contribution in [0.3, 0.4) is 0 Å². The van der Waals surface area contributed by atoms with Gasteiger partial charge in [0.1, 0.15) is 17.8 Å². The van der Waals surface area contributed by atoms with Crippen LogP contribution in [0.5, 0.6) is 5.75 Å². The van der Waals surface area contributed by atoms with Gasteiger partial charge in [0.2, 0.25) is 5.91 Å². The molecule has 4 aromatic carbocycles. The minimum atomic E-state index is -0.965. The first-order chi connectivity index (χ1) is 19.2. The number of hydrogen-bond acceptors (Lipinski definition) is 4. The summed E-state index contributed by atoms with van der Waals surface area (Å²) in [4.78, 5) is 16.9. The number of ether oxygens (including phenoxy) is 1. The van der Waals surface area contributed by atoms with Crippen molar-refractivity contribution in [3.63, 3.8) is 0 Å². The molecule has 5 nitrogen and oxygen atoms in total. The molecule has 0 radical (unpaired) electrons. The predicted octanol–water partition coefficient (Wildman–Crippen LogP) is 5.80. The van der Waals surface area contributed by atoms with Crippen molar-refractivity contribution < 1.29 is 18.8 Å². The second-order valence-electron chi connectivity index (χ2n) is 12.0. The number of anilines is 1. The molecule has 0 saturated carbocycles. The number of fused-ring (bicyclic) bond motifs is 4. The summed E-state index contributed by atoms with van der Waals surface area (Å²) in [6, 6.07) is 34.3. The summed E-state index contributed by atoms with van der Waals surface area (Å²) in [5, 5.41) is 0. The average molecular weight is 529 g/mol. The van der Waals surface area contributed by atoms with Gasteiger partial charge < -0.3 is 14.0 Å². The van der Waals surface area contributed by atoms with E-state index in [1.807, 2.05) is 93.3 Å². The third kappa shape index (κ3) is 3.52. The first-order valence-electron chi connectivity index (χ1n) is 13.9. The van der Waals surface area contributed by atoms with Gasteiger partial charge in [-0.2, -0.15) is 0 Å². The Labute approximate surface area is 235 Å². The van der Waals surface area contributed by atoms with Gasteiger partial charge in [-0.1, -0.05) is 91.0 Å². The molecule has 0 N–H and O–H groups in total. The average Bonchev–Trinajstić information content (AvgIpc) is 3.54. The van der Waals surface area contributed by atoms with Crippen LogP contribution >= 0.6 is 0 Å². The molecule has 1 amide bonds. The number of rotatable bonds is 4. The van der Waals surface area contributed by atoms with Gasteiger partial charge >= 0.3 is 7.12 Å². The van der Waals surface area contributed by atoms with E-state index < -0.39 is 23.7 Å².